The first kappa shape index (κ1) is 19.9. The monoisotopic (exact) mass is 651 g/mol. The minimum absolute atomic E-state index is 0.0336. The molecule has 6 aliphatic carbocycles. The molecule has 49 heavy (non-hydrogen) atoms. The van der Waals surface area contributed by atoms with Gasteiger partial charge in [0, 0.05) is 16.7 Å². The van der Waals surface area contributed by atoms with E-state index in [0.717, 1.165) is 43.2 Å². The average molecular weight is 652 g/mol. The van der Waals surface area contributed by atoms with E-state index in [1.165, 1.54) is 17.5 Å². The number of nitrogens with zero attached hydrogens (tertiary/aromatic N) is 1. The Morgan fingerprint density at radius 2 is 1.22 bits per heavy atom. The summed E-state index contributed by atoms with van der Waals surface area (Å²) in [4.78, 5) is 1.68. The molecule has 0 aliphatic heterocycles. The first-order valence-electron chi connectivity index (χ1n) is 24.1. The molecule has 0 aromatic heterocycles. The van der Waals surface area contributed by atoms with Gasteiger partial charge >= 0.3 is 0 Å². The third kappa shape index (κ3) is 4.17. The lowest BCUT2D eigenvalue weighted by Gasteiger charge is -2.61. The molecule has 6 aliphatic rings. The van der Waals surface area contributed by atoms with Gasteiger partial charge in [-0.05, 0) is 143 Å². The molecular formula is C48H49N. The van der Waals surface area contributed by atoms with E-state index in [-0.39, 0.29) is 34.9 Å². The Labute approximate surface area is 310 Å². The fourth-order valence-corrected chi connectivity index (χ4v) is 11.2. The summed E-state index contributed by atoms with van der Waals surface area (Å²) in [7, 11) is 0. The smallest absolute Gasteiger partial charge is 0.0645 e. The van der Waals surface area contributed by atoms with Crippen molar-refractivity contribution >= 4 is 17.1 Å². The Morgan fingerprint density at radius 1 is 0.571 bits per heavy atom. The molecule has 4 fully saturated rings. The molecule has 0 radical (unpaired) electrons. The molecule has 11 rings (SSSR count). The largest absolute Gasteiger partial charge is 0.310 e. The van der Waals surface area contributed by atoms with Crippen molar-refractivity contribution in [3.63, 3.8) is 0 Å². The molecule has 4 saturated carbocycles. The van der Waals surface area contributed by atoms with E-state index in [0.29, 0.717) is 46.9 Å². The molecule has 0 unspecified atom stereocenters. The predicted molar refractivity (Wildman–Crippen MR) is 205 cm³/mol. The van der Waals surface area contributed by atoms with E-state index in [1.54, 1.807) is 4.90 Å². The summed E-state index contributed by atoms with van der Waals surface area (Å²) in [5.74, 6) is 2.25. The number of fused-ring (bicyclic) bond motifs is 4. The van der Waals surface area contributed by atoms with Crippen molar-refractivity contribution in [1.29, 1.82) is 0 Å². The van der Waals surface area contributed by atoms with E-state index in [4.69, 9.17) is 6.85 Å². The van der Waals surface area contributed by atoms with Crippen LogP contribution < -0.4 is 4.90 Å². The molecule has 1 nitrogen and oxygen atoms in total. The van der Waals surface area contributed by atoms with Crippen molar-refractivity contribution in [3.8, 4) is 22.3 Å². The van der Waals surface area contributed by atoms with Gasteiger partial charge in [-0.25, -0.2) is 0 Å². The fraction of sp³-hybridized carbons (Fsp3) is 0.375. The lowest BCUT2D eigenvalue weighted by molar-refractivity contribution is -0.0399. The Balaban J connectivity index is 1.35. The van der Waals surface area contributed by atoms with Crippen LogP contribution in [0.5, 0.6) is 0 Å². The summed E-state index contributed by atoms with van der Waals surface area (Å²) in [5.41, 5.74) is 3.96. The van der Waals surface area contributed by atoms with Gasteiger partial charge in [-0.15, -0.1) is 0 Å². The topological polar surface area (TPSA) is 3.24 Å². The zero-order chi connectivity index (χ0) is 43.6. The van der Waals surface area contributed by atoms with Crippen molar-refractivity contribution in [3.05, 3.63) is 137 Å². The number of hydrogen-bond acceptors (Lipinski definition) is 1. The van der Waals surface area contributed by atoms with Crippen molar-refractivity contribution in [2.75, 3.05) is 4.90 Å². The molecule has 0 N–H and O–H groups in total. The minimum Gasteiger partial charge on any atom is -0.310 e. The van der Waals surface area contributed by atoms with E-state index in [1.807, 2.05) is 32.0 Å². The molecule has 246 valence electrons. The zero-order valence-electron chi connectivity index (χ0n) is 40.7. The fourth-order valence-electron chi connectivity index (χ4n) is 11.2. The maximum atomic E-state index is 9.86. The predicted octanol–water partition coefficient (Wildman–Crippen LogP) is 12.9. The Bertz CT molecular complexity index is 2680. The minimum atomic E-state index is -0.649. The highest BCUT2D eigenvalue weighted by Crippen LogP contribution is 2.70. The summed E-state index contributed by atoms with van der Waals surface area (Å²) in [6.45, 7) is 8.23. The average Bonchev–Trinajstić information content (AvgIpc) is 3.52. The van der Waals surface area contributed by atoms with Crippen molar-refractivity contribution in [2.24, 2.45) is 23.7 Å². The molecule has 5 aromatic rings. The summed E-state index contributed by atoms with van der Waals surface area (Å²) in [6, 6.07) is 8.71. The van der Waals surface area contributed by atoms with Gasteiger partial charge in [0.1, 0.15) is 0 Å². The lowest BCUT2D eigenvalue weighted by Crippen LogP contribution is -2.55. The standard InChI is InChI=1S/C48H49N/c1-46(2)24-25-47(3,4)45-41(46)17-11-19-43(45)49(37-22-20-34(21-23-37)33-12-6-5-7-13-33)42-18-10-16-40-44(42)38-14-8-9-15-39(38)48(40)35-27-31-26-32(29-35)30-36(48)28-31/h5-23,31-32,35-36H,24-30H2,1-4H3/i5D,6D,7D,11D,12D,13D,17D,19D,20D,21D,22D,23D. The van der Waals surface area contributed by atoms with Gasteiger partial charge < -0.3 is 4.90 Å². The molecule has 1 spiro atoms. The highest BCUT2D eigenvalue weighted by molar-refractivity contribution is 5.96. The second-order valence-electron chi connectivity index (χ2n) is 16.7. The third-order valence-corrected chi connectivity index (χ3v) is 13.2. The first-order chi connectivity index (χ1) is 28.7. The second-order valence-corrected chi connectivity index (χ2v) is 16.7. The van der Waals surface area contributed by atoms with Crippen LogP contribution in [0.4, 0.5) is 17.1 Å². The van der Waals surface area contributed by atoms with E-state index >= 15 is 0 Å². The number of anilines is 3. The molecule has 0 atom stereocenters. The van der Waals surface area contributed by atoms with Gasteiger partial charge in [-0.3, -0.25) is 0 Å². The van der Waals surface area contributed by atoms with E-state index in [9.17, 15) is 9.60 Å². The van der Waals surface area contributed by atoms with Crippen LogP contribution in [0.15, 0.2) is 115 Å². The summed E-state index contributed by atoms with van der Waals surface area (Å²) in [5, 5.41) is 0. The van der Waals surface area contributed by atoms with Crippen molar-refractivity contribution in [1.82, 2.24) is 0 Å². The Kier molecular flexibility index (Phi) is 4.25. The first-order valence-corrected chi connectivity index (χ1v) is 18.1. The zero-order valence-corrected chi connectivity index (χ0v) is 28.7. The molecule has 1 heteroatoms. The normalized spacial score (nSPS) is 31.3. The second kappa shape index (κ2) is 10.5. The number of rotatable bonds is 4. The molecule has 0 saturated heterocycles. The van der Waals surface area contributed by atoms with Crippen molar-refractivity contribution < 1.29 is 16.4 Å². The Morgan fingerprint density at radius 3 is 1.96 bits per heavy atom. The third-order valence-electron chi connectivity index (χ3n) is 13.2. The molecule has 0 heterocycles. The van der Waals surface area contributed by atoms with Crippen LogP contribution in [0.3, 0.4) is 0 Å². The van der Waals surface area contributed by atoms with Crippen LogP contribution in [0.1, 0.15) is 111 Å². The van der Waals surface area contributed by atoms with Crippen LogP contribution >= 0.6 is 0 Å². The van der Waals surface area contributed by atoms with E-state index in [2.05, 4.69) is 38.1 Å². The molecule has 4 bridgehead atoms. The highest BCUT2D eigenvalue weighted by Gasteiger charge is 2.62. The lowest BCUT2D eigenvalue weighted by atomic mass is 9.43. The molecular weight excluding hydrogens is 591 g/mol. The van der Waals surface area contributed by atoms with Crippen molar-refractivity contribution in [2.45, 2.75) is 88.9 Å². The maximum Gasteiger partial charge on any atom is 0.0645 e. The van der Waals surface area contributed by atoms with Crippen LogP contribution in [0.2, 0.25) is 0 Å². The maximum absolute atomic E-state index is 9.86. The molecule has 5 aromatic carbocycles. The van der Waals surface area contributed by atoms with Gasteiger partial charge in [0.2, 0.25) is 0 Å². The summed E-state index contributed by atoms with van der Waals surface area (Å²) < 4.78 is 110. The van der Waals surface area contributed by atoms with Gasteiger partial charge in [0.25, 0.3) is 0 Å². The summed E-state index contributed by atoms with van der Waals surface area (Å²) >= 11 is 0. The van der Waals surface area contributed by atoms with E-state index < -0.39 is 76.3 Å². The molecule has 0 amide bonds. The summed E-state index contributed by atoms with van der Waals surface area (Å²) in [6.07, 6.45) is 7.29. The van der Waals surface area contributed by atoms with Crippen LogP contribution in [-0.4, -0.2) is 0 Å². The van der Waals surface area contributed by atoms with Gasteiger partial charge in [-0.2, -0.15) is 0 Å². The van der Waals surface area contributed by atoms with Crippen LogP contribution in [0.25, 0.3) is 22.3 Å². The van der Waals surface area contributed by atoms with Gasteiger partial charge in [0.05, 0.1) is 27.8 Å². The highest BCUT2D eigenvalue weighted by atomic mass is 15.1. The van der Waals surface area contributed by atoms with Gasteiger partial charge in [-0.1, -0.05) is 118 Å². The van der Waals surface area contributed by atoms with Crippen LogP contribution in [0, 0.1) is 23.7 Å². The Hall–Kier alpha value is -4.10. The SMILES string of the molecule is [2H]c1c([2H])c([2H])c(-c2c([2H])c([2H])c(N(c3cccc4c3-c3ccccc3C43C4CC5CC(C4)CC3C5)c3c([2H])c([2H])c([2H])c4c3C(C)(C)CCC4(C)C)c([2H])c2[2H])c([2H])c1[2H]. The number of hydrogen-bond donors (Lipinski definition) is 0. The van der Waals surface area contributed by atoms with Gasteiger partial charge in [0.15, 0.2) is 0 Å². The number of benzene rings is 5. The quantitative estimate of drug-likeness (QED) is 0.187. The van der Waals surface area contributed by atoms with Crippen LogP contribution in [-0.2, 0) is 16.2 Å².